The number of carbonyl (C=O) groups is 1. The largest absolute Gasteiger partial charge is 0.435 e. The molecule has 0 aromatic carbocycles. The Labute approximate surface area is 66.7 Å². The van der Waals surface area contributed by atoms with Gasteiger partial charge in [0.1, 0.15) is 0 Å². The van der Waals surface area contributed by atoms with Gasteiger partial charge in [0.05, 0.1) is 12.6 Å². The quantitative estimate of drug-likeness (QED) is 0.474. The zero-order chi connectivity index (χ0) is 8.85. The Bertz CT molecular complexity index is 125. The summed E-state index contributed by atoms with van der Waals surface area (Å²) in [5.74, 6) is -0.374. The Morgan fingerprint density at radius 3 is 2.36 bits per heavy atom. The summed E-state index contributed by atoms with van der Waals surface area (Å²) in [5, 5.41) is 0. The van der Waals surface area contributed by atoms with Crippen molar-refractivity contribution in [2.24, 2.45) is 5.73 Å². The van der Waals surface area contributed by atoms with Crippen LogP contribution >= 0.6 is 0 Å². The molecule has 0 radical (unpaired) electrons. The molecule has 0 bridgehead atoms. The normalized spacial score (nSPS) is 13.2. The second kappa shape index (κ2) is 5.09. The standard InChI is InChI=1S/C7H15NO3/c1-5(2)10-7(4-8)11-6(3)9/h5,7H,4,8H2,1-3H3/t7-/m1/s1. The van der Waals surface area contributed by atoms with Crippen LogP contribution in [0.15, 0.2) is 0 Å². The van der Waals surface area contributed by atoms with Crippen LogP contribution in [0.4, 0.5) is 0 Å². The first kappa shape index (κ1) is 10.4. The molecule has 0 fully saturated rings. The highest BCUT2D eigenvalue weighted by molar-refractivity contribution is 5.66. The van der Waals surface area contributed by atoms with Crippen molar-refractivity contribution in [2.75, 3.05) is 6.54 Å². The highest BCUT2D eigenvalue weighted by Crippen LogP contribution is 1.98. The van der Waals surface area contributed by atoms with Crippen LogP contribution in [0.25, 0.3) is 0 Å². The van der Waals surface area contributed by atoms with Gasteiger partial charge < -0.3 is 15.2 Å². The third-order valence-electron chi connectivity index (χ3n) is 0.914. The molecule has 0 aliphatic carbocycles. The third-order valence-corrected chi connectivity index (χ3v) is 0.914. The van der Waals surface area contributed by atoms with E-state index in [1.54, 1.807) is 0 Å². The number of nitrogens with two attached hydrogens (primary N) is 1. The molecule has 66 valence electrons. The molecule has 0 aromatic heterocycles. The predicted octanol–water partition coefficient (Wildman–Crippen LogP) is 0.259. The molecule has 0 aromatic rings. The summed E-state index contributed by atoms with van der Waals surface area (Å²) in [6.07, 6.45) is -0.588. The van der Waals surface area contributed by atoms with Gasteiger partial charge >= 0.3 is 5.97 Å². The number of rotatable bonds is 4. The minimum absolute atomic E-state index is 0.0166. The van der Waals surface area contributed by atoms with Crippen LogP contribution in [0.2, 0.25) is 0 Å². The minimum atomic E-state index is -0.604. The van der Waals surface area contributed by atoms with E-state index in [0.29, 0.717) is 0 Å². The number of ether oxygens (including phenoxy) is 2. The van der Waals surface area contributed by atoms with Crippen LogP contribution in [0.5, 0.6) is 0 Å². The van der Waals surface area contributed by atoms with Crippen molar-refractivity contribution in [1.82, 2.24) is 0 Å². The van der Waals surface area contributed by atoms with Gasteiger partial charge in [0.25, 0.3) is 0 Å². The Morgan fingerprint density at radius 2 is 2.09 bits per heavy atom. The van der Waals surface area contributed by atoms with E-state index in [1.165, 1.54) is 6.92 Å². The Balaban J connectivity index is 3.66. The van der Waals surface area contributed by atoms with Crippen LogP contribution in [-0.2, 0) is 14.3 Å². The predicted molar refractivity (Wildman–Crippen MR) is 40.8 cm³/mol. The molecule has 0 aliphatic rings. The van der Waals surface area contributed by atoms with E-state index in [2.05, 4.69) is 0 Å². The summed E-state index contributed by atoms with van der Waals surface area (Å²) in [7, 11) is 0. The highest BCUT2D eigenvalue weighted by atomic mass is 16.7. The van der Waals surface area contributed by atoms with Gasteiger partial charge in [0, 0.05) is 6.92 Å². The fourth-order valence-electron chi connectivity index (χ4n) is 0.620. The first-order chi connectivity index (χ1) is 5.06. The lowest BCUT2D eigenvalue weighted by atomic mass is 10.5. The maximum Gasteiger partial charge on any atom is 0.304 e. The van der Waals surface area contributed by atoms with Gasteiger partial charge in [-0.2, -0.15) is 0 Å². The summed E-state index contributed by atoms with van der Waals surface area (Å²) in [6.45, 7) is 5.22. The van der Waals surface area contributed by atoms with E-state index in [0.717, 1.165) is 0 Å². The minimum Gasteiger partial charge on any atom is -0.435 e. The monoisotopic (exact) mass is 161 g/mol. The molecule has 0 heterocycles. The van der Waals surface area contributed by atoms with Crippen molar-refractivity contribution in [3.05, 3.63) is 0 Å². The molecule has 4 heteroatoms. The molecular formula is C7H15NO3. The average molecular weight is 161 g/mol. The van der Waals surface area contributed by atoms with Crippen molar-refractivity contribution >= 4 is 5.97 Å². The molecule has 0 aliphatic heterocycles. The Morgan fingerprint density at radius 1 is 1.55 bits per heavy atom. The van der Waals surface area contributed by atoms with Gasteiger partial charge in [-0.25, -0.2) is 0 Å². The molecule has 0 saturated heterocycles. The zero-order valence-electron chi connectivity index (χ0n) is 7.16. The highest BCUT2D eigenvalue weighted by Gasteiger charge is 2.10. The topological polar surface area (TPSA) is 61.5 Å². The molecular weight excluding hydrogens is 146 g/mol. The lowest BCUT2D eigenvalue weighted by molar-refractivity contribution is -0.181. The Hall–Kier alpha value is -0.610. The summed E-state index contributed by atoms with van der Waals surface area (Å²) in [6, 6.07) is 0. The van der Waals surface area contributed by atoms with E-state index in [9.17, 15) is 4.79 Å². The lowest BCUT2D eigenvalue weighted by Gasteiger charge is -2.17. The van der Waals surface area contributed by atoms with Crippen molar-refractivity contribution in [1.29, 1.82) is 0 Å². The van der Waals surface area contributed by atoms with E-state index < -0.39 is 6.29 Å². The second-order valence-corrected chi connectivity index (χ2v) is 2.46. The molecule has 2 N–H and O–H groups in total. The van der Waals surface area contributed by atoms with E-state index in [-0.39, 0.29) is 18.6 Å². The van der Waals surface area contributed by atoms with Gasteiger partial charge in [0.15, 0.2) is 0 Å². The van der Waals surface area contributed by atoms with E-state index in [4.69, 9.17) is 15.2 Å². The lowest BCUT2D eigenvalue weighted by Crippen LogP contribution is -2.30. The number of hydrogen-bond donors (Lipinski definition) is 1. The number of hydrogen-bond acceptors (Lipinski definition) is 4. The van der Waals surface area contributed by atoms with Crippen molar-refractivity contribution in [3.8, 4) is 0 Å². The number of carbonyl (C=O) groups excluding carboxylic acids is 1. The molecule has 0 spiro atoms. The summed E-state index contributed by atoms with van der Waals surface area (Å²) >= 11 is 0. The SMILES string of the molecule is CC(=O)O[C@H](CN)OC(C)C. The van der Waals surface area contributed by atoms with Crippen LogP contribution in [0, 0.1) is 0 Å². The van der Waals surface area contributed by atoms with Gasteiger partial charge in [-0.05, 0) is 13.8 Å². The fraction of sp³-hybridized carbons (Fsp3) is 0.857. The molecule has 0 saturated carbocycles. The molecule has 11 heavy (non-hydrogen) atoms. The molecule has 4 nitrogen and oxygen atoms in total. The van der Waals surface area contributed by atoms with Crippen molar-refractivity contribution < 1.29 is 14.3 Å². The summed E-state index contributed by atoms with van der Waals surface area (Å²) in [4.78, 5) is 10.4. The fourth-order valence-corrected chi connectivity index (χ4v) is 0.620. The van der Waals surface area contributed by atoms with Gasteiger partial charge in [-0.3, -0.25) is 4.79 Å². The maximum atomic E-state index is 10.4. The summed E-state index contributed by atoms with van der Waals surface area (Å²) in [5.41, 5.74) is 5.27. The first-order valence-corrected chi connectivity index (χ1v) is 3.59. The summed E-state index contributed by atoms with van der Waals surface area (Å²) < 4.78 is 9.87. The van der Waals surface area contributed by atoms with Crippen molar-refractivity contribution in [3.63, 3.8) is 0 Å². The maximum absolute atomic E-state index is 10.4. The van der Waals surface area contributed by atoms with E-state index in [1.807, 2.05) is 13.8 Å². The van der Waals surface area contributed by atoms with Crippen LogP contribution < -0.4 is 5.73 Å². The average Bonchev–Trinajstić information content (AvgIpc) is 1.84. The second-order valence-electron chi connectivity index (χ2n) is 2.46. The molecule has 0 rings (SSSR count). The smallest absolute Gasteiger partial charge is 0.304 e. The van der Waals surface area contributed by atoms with Gasteiger partial charge in [0.2, 0.25) is 6.29 Å². The molecule has 0 unspecified atom stereocenters. The molecule has 1 atom stereocenters. The van der Waals surface area contributed by atoms with Crippen LogP contribution in [0.1, 0.15) is 20.8 Å². The zero-order valence-corrected chi connectivity index (χ0v) is 7.16. The van der Waals surface area contributed by atoms with Gasteiger partial charge in [-0.1, -0.05) is 0 Å². The van der Waals surface area contributed by atoms with Crippen molar-refractivity contribution in [2.45, 2.75) is 33.2 Å². The van der Waals surface area contributed by atoms with Gasteiger partial charge in [-0.15, -0.1) is 0 Å². The molecule has 0 amide bonds. The van der Waals surface area contributed by atoms with Crippen LogP contribution in [-0.4, -0.2) is 24.9 Å². The number of esters is 1. The third kappa shape index (κ3) is 5.82. The first-order valence-electron chi connectivity index (χ1n) is 3.59. The van der Waals surface area contributed by atoms with Crippen LogP contribution in [0.3, 0.4) is 0 Å². The van der Waals surface area contributed by atoms with E-state index >= 15 is 0 Å². The Kier molecular flexibility index (Phi) is 4.81.